The molecule has 190 valence electrons. The van der Waals surface area contributed by atoms with Crippen LogP contribution in [0.3, 0.4) is 0 Å². The van der Waals surface area contributed by atoms with Crippen LogP contribution in [0.1, 0.15) is 64.0 Å². The fraction of sp³-hybridized carbons (Fsp3) is 0.500. The van der Waals surface area contributed by atoms with Crippen molar-refractivity contribution in [3.8, 4) is 11.6 Å². The third kappa shape index (κ3) is 6.47. The first-order valence-electron chi connectivity index (χ1n) is 11.2. The van der Waals surface area contributed by atoms with Gasteiger partial charge in [-0.15, -0.1) is 0 Å². The first-order chi connectivity index (χ1) is 16.4. The van der Waals surface area contributed by atoms with Gasteiger partial charge in [0.1, 0.15) is 0 Å². The molecule has 0 spiro atoms. The third-order valence-corrected chi connectivity index (χ3v) is 11.3. The number of alkyl halides is 4. The number of aromatic nitrogens is 2. The Balaban J connectivity index is 1.43. The zero-order valence-corrected chi connectivity index (χ0v) is 21.7. The predicted molar refractivity (Wildman–Crippen MR) is 130 cm³/mol. The molecule has 2 aliphatic rings. The molecule has 1 aliphatic carbocycles. The van der Waals surface area contributed by atoms with Gasteiger partial charge in [0.25, 0.3) is 0 Å². The van der Waals surface area contributed by atoms with Crippen LogP contribution in [0.5, 0.6) is 11.6 Å². The predicted octanol–water partition coefficient (Wildman–Crippen LogP) is 6.74. The Morgan fingerprint density at radius 1 is 1.09 bits per heavy atom. The molecule has 0 unspecified atom stereocenters. The summed E-state index contributed by atoms with van der Waals surface area (Å²) in [6, 6.07) is 2.05. The second-order valence-corrected chi connectivity index (χ2v) is 14.6. The number of nitrogens with zero attached hydrogens (tertiary/aromatic N) is 3. The van der Waals surface area contributed by atoms with Gasteiger partial charge < -0.3 is 0 Å². The average molecular weight is 607 g/mol. The van der Waals surface area contributed by atoms with E-state index in [4.69, 9.17) is 12.7 Å². The van der Waals surface area contributed by atoms with Gasteiger partial charge in [0.2, 0.25) is 0 Å². The Morgan fingerprint density at radius 3 is 2.46 bits per heavy atom. The summed E-state index contributed by atoms with van der Waals surface area (Å²) in [6.07, 6.45) is 2.31. The Morgan fingerprint density at radius 2 is 1.80 bits per heavy atom. The number of carbonyl (C=O) groups excluding carboxylic acids is 1. The molecule has 11 heteroatoms. The standard InChI is InChI=1S/C24H26F4IN3O3/c1-23(2,3)35-20(33)8-14-4-6-17(7-5-14)29-21-19(12-32-29)22(31-13-30-21)34-18-10-15(24(26,27)28)9-16(25)11-18/h9-14,17H,4-8H2,1-3H3. The first kappa shape index (κ1) is 25.8. The second kappa shape index (κ2) is 9.98. The summed E-state index contributed by atoms with van der Waals surface area (Å²) in [4.78, 5) is 20.7. The molecule has 35 heavy (non-hydrogen) atoms. The molecule has 4 rings (SSSR count). The quantitative estimate of drug-likeness (QED) is 0.124. The van der Waals surface area contributed by atoms with E-state index in [1.807, 2.05) is 20.8 Å². The molecule has 1 fully saturated rings. The summed E-state index contributed by atoms with van der Waals surface area (Å²) >= 11 is -2.08. The van der Waals surface area contributed by atoms with E-state index >= 15 is 0 Å². The molecule has 0 atom stereocenters. The van der Waals surface area contributed by atoms with E-state index in [0.717, 1.165) is 41.5 Å². The Kier molecular flexibility index (Phi) is 7.35. The zero-order chi connectivity index (χ0) is 25.4. The van der Waals surface area contributed by atoms with Crippen LogP contribution in [-0.2, 0) is 15.7 Å². The second-order valence-electron chi connectivity index (χ2n) is 9.59. The Labute approximate surface area is 208 Å². The van der Waals surface area contributed by atoms with Crippen LogP contribution in [0.25, 0.3) is 0 Å². The molecule has 1 aromatic heterocycles. The topological polar surface area (TPSA) is 73.7 Å². The number of carbonyl (C=O) groups is 1. The van der Waals surface area contributed by atoms with Gasteiger partial charge in [0.05, 0.1) is 0 Å². The average Bonchev–Trinajstić information content (AvgIpc) is 3.17. The summed E-state index contributed by atoms with van der Waals surface area (Å²) in [6.45, 7) is 5.56. The fourth-order valence-corrected chi connectivity index (χ4v) is 9.53. The molecule has 0 amide bonds. The van der Waals surface area contributed by atoms with E-state index in [1.165, 1.54) is 6.33 Å². The van der Waals surface area contributed by atoms with Crippen molar-refractivity contribution in [3.63, 3.8) is 0 Å². The van der Waals surface area contributed by atoms with Gasteiger partial charge in [-0.05, 0) is 0 Å². The van der Waals surface area contributed by atoms with E-state index in [9.17, 15) is 22.4 Å². The van der Waals surface area contributed by atoms with Crippen molar-refractivity contribution in [2.45, 2.75) is 68.6 Å². The van der Waals surface area contributed by atoms with E-state index in [1.54, 1.807) is 6.21 Å². The Hall–Kier alpha value is -2.31. The van der Waals surface area contributed by atoms with Crippen LogP contribution in [0.2, 0.25) is 0 Å². The van der Waals surface area contributed by atoms with E-state index in [2.05, 4.69) is 9.97 Å². The van der Waals surface area contributed by atoms with E-state index in [-0.39, 0.29) is 23.5 Å². The summed E-state index contributed by atoms with van der Waals surface area (Å²) in [5, 5.41) is 0. The maximum absolute atomic E-state index is 13.8. The Bertz CT molecular complexity index is 1130. The summed E-state index contributed by atoms with van der Waals surface area (Å²) < 4.78 is 69.8. The zero-order valence-electron chi connectivity index (χ0n) is 19.5. The van der Waals surface area contributed by atoms with Crippen molar-refractivity contribution in [2.75, 3.05) is 0 Å². The van der Waals surface area contributed by atoms with E-state index in [0.29, 0.717) is 22.0 Å². The minimum atomic E-state index is -4.70. The van der Waals surface area contributed by atoms with Crippen molar-refractivity contribution in [1.82, 2.24) is 9.97 Å². The number of hydrogen-bond donors (Lipinski definition) is 0. The molecule has 6 nitrogen and oxygen atoms in total. The van der Waals surface area contributed by atoms with Crippen LogP contribution in [-0.4, -0.2) is 31.7 Å². The molecular formula is C24H26F4IN3O3. The molecule has 2 heterocycles. The number of benzene rings is 1. The number of ether oxygens (including phenoxy) is 2. The molecule has 1 aliphatic heterocycles. The summed E-state index contributed by atoms with van der Waals surface area (Å²) in [5.41, 5.74) is -1.08. The number of hydrogen-bond acceptors (Lipinski definition) is 6. The number of fused-ring (bicyclic) bond motifs is 1. The van der Waals surface area contributed by atoms with Crippen LogP contribution < -0.4 is 4.74 Å². The summed E-state index contributed by atoms with van der Waals surface area (Å²) in [5.74, 6) is -1.17. The molecule has 1 aromatic carbocycles. The first-order valence-corrected chi connectivity index (χ1v) is 14.5. The van der Waals surface area contributed by atoms with Gasteiger partial charge >= 0.3 is 209 Å². The number of esters is 1. The SMILES string of the molecule is CC(C)(C)OC(=O)CC1CCC(I2N=Cc3c(Oc4cc(F)cc(C(F)(F)F)c4)ncnc32)CC1. The van der Waals surface area contributed by atoms with Gasteiger partial charge in [0, 0.05) is 0 Å². The van der Waals surface area contributed by atoms with Gasteiger partial charge in [-0.2, -0.15) is 0 Å². The fourth-order valence-electron chi connectivity index (χ4n) is 4.13. The molecule has 0 bridgehead atoms. The monoisotopic (exact) mass is 607 g/mol. The molecule has 0 saturated heterocycles. The van der Waals surface area contributed by atoms with E-state index < -0.39 is 43.3 Å². The number of rotatable bonds is 5. The molecule has 2 aromatic rings. The summed E-state index contributed by atoms with van der Waals surface area (Å²) in [7, 11) is 0. The third-order valence-electron chi connectivity index (χ3n) is 5.62. The van der Waals surface area contributed by atoms with Gasteiger partial charge in [-0.1, -0.05) is 0 Å². The van der Waals surface area contributed by atoms with Crippen molar-refractivity contribution in [2.24, 2.45) is 9.12 Å². The maximum atomic E-state index is 13.8. The van der Waals surface area contributed by atoms with Gasteiger partial charge in [0.15, 0.2) is 0 Å². The van der Waals surface area contributed by atoms with Crippen LogP contribution in [0, 0.1) is 15.4 Å². The van der Waals surface area contributed by atoms with Crippen molar-refractivity contribution in [1.29, 1.82) is 0 Å². The minimum absolute atomic E-state index is 0.0656. The van der Waals surface area contributed by atoms with Crippen molar-refractivity contribution in [3.05, 3.63) is 45.2 Å². The number of halogens is 5. The molecule has 0 N–H and O–H groups in total. The van der Waals surface area contributed by atoms with Crippen molar-refractivity contribution >= 4 is 32.3 Å². The molecule has 1 saturated carbocycles. The van der Waals surface area contributed by atoms with Crippen LogP contribution in [0.4, 0.5) is 17.6 Å². The van der Waals surface area contributed by atoms with Crippen LogP contribution in [0.15, 0.2) is 27.7 Å². The molecular weight excluding hydrogens is 581 g/mol. The van der Waals surface area contributed by atoms with Gasteiger partial charge in [-0.3, -0.25) is 0 Å². The van der Waals surface area contributed by atoms with Crippen molar-refractivity contribution < 1.29 is 31.8 Å². The van der Waals surface area contributed by atoms with Gasteiger partial charge in [-0.25, -0.2) is 0 Å². The van der Waals surface area contributed by atoms with Crippen LogP contribution >= 0.6 is 20.1 Å². The normalized spacial score (nSPS) is 21.1. The molecule has 0 radical (unpaired) electrons.